The summed E-state index contributed by atoms with van der Waals surface area (Å²) in [6, 6.07) is 4.47. The smallest absolute Gasteiger partial charge is 0.163 e. The molecule has 1 aliphatic carbocycles. The minimum Gasteiger partial charge on any atom is -0.366 e. The highest BCUT2D eigenvalue weighted by Gasteiger charge is 2.33. The van der Waals surface area contributed by atoms with Gasteiger partial charge < -0.3 is 15.6 Å². The molecule has 1 atom stereocenters. The van der Waals surface area contributed by atoms with Crippen molar-refractivity contribution in [3.63, 3.8) is 0 Å². The van der Waals surface area contributed by atoms with E-state index in [-0.39, 0.29) is 5.41 Å². The molecule has 0 aromatic carbocycles. The van der Waals surface area contributed by atoms with Crippen molar-refractivity contribution in [2.45, 2.75) is 58.4 Å². The van der Waals surface area contributed by atoms with Crippen LogP contribution < -0.4 is 10.6 Å². The second-order valence-electron chi connectivity index (χ2n) is 10.4. The van der Waals surface area contributed by atoms with Crippen LogP contribution in [-0.4, -0.2) is 44.1 Å². The predicted octanol–water partition coefficient (Wildman–Crippen LogP) is 4.94. The number of hydrogen-bond acceptors (Lipinski definition) is 6. The summed E-state index contributed by atoms with van der Waals surface area (Å²) in [4.78, 5) is 22.6. The van der Waals surface area contributed by atoms with Crippen LogP contribution in [0.2, 0.25) is 0 Å². The molecule has 3 N–H and O–H groups in total. The van der Waals surface area contributed by atoms with E-state index in [9.17, 15) is 0 Å². The Kier molecular flexibility index (Phi) is 4.83. The molecule has 0 radical (unpaired) electrons. The van der Waals surface area contributed by atoms with Gasteiger partial charge in [0.05, 0.1) is 11.7 Å². The summed E-state index contributed by atoms with van der Waals surface area (Å²) in [5.41, 5.74) is 5.26. The fourth-order valence-corrected chi connectivity index (χ4v) is 5.32. The first-order valence-corrected chi connectivity index (χ1v) is 12.1. The van der Waals surface area contributed by atoms with Gasteiger partial charge in [0.1, 0.15) is 11.5 Å². The van der Waals surface area contributed by atoms with E-state index in [0.717, 1.165) is 64.3 Å². The third kappa shape index (κ3) is 3.55. The zero-order valence-corrected chi connectivity index (χ0v) is 19.6. The Morgan fingerprint density at radius 1 is 1.12 bits per heavy atom. The van der Waals surface area contributed by atoms with Crippen molar-refractivity contribution in [1.29, 1.82) is 0 Å². The molecule has 0 amide bonds. The molecule has 1 unspecified atom stereocenters. The van der Waals surface area contributed by atoms with Crippen LogP contribution in [0, 0.1) is 12.3 Å². The van der Waals surface area contributed by atoms with Gasteiger partial charge in [-0.25, -0.2) is 15.0 Å². The highest BCUT2D eigenvalue weighted by Crippen LogP contribution is 2.42. The van der Waals surface area contributed by atoms with Crippen LogP contribution in [0.3, 0.4) is 0 Å². The van der Waals surface area contributed by atoms with Gasteiger partial charge in [-0.05, 0) is 61.8 Å². The molecule has 2 fully saturated rings. The molecule has 7 nitrogen and oxygen atoms in total. The number of aryl methyl sites for hydroxylation is 1. The second kappa shape index (κ2) is 7.76. The van der Waals surface area contributed by atoms with Gasteiger partial charge in [-0.3, -0.25) is 4.98 Å². The van der Waals surface area contributed by atoms with Crippen molar-refractivity contribution in [3.05, 3.63) is 42.0 Å². The number of aromatic amines is 1. The number of hydrogen-bond donors (Lipinski definition) is 3. The Balaban J connectivity index is 1.55. The highest BCUT2D eigenvalue weighted by atomic mass is 15.1. The lowest BCUT2D eigenvalue weighted by atomic mass is 9.78. The van der Waals surface area contributed by atoms with Crippen molar-refractivity contribution in [3.8, 4) is 11.4 Å². The van der Waals surface area contributed by atoms with Gasteiger partial charge in [0.15, 0.2) is 5.82 Å². The quantitative estimate of drug-likeness (QED) is 0.415. The maximum atomic E-state index is 5.18. The van der Waals surface area contributed by atoms with Gasteiger partial charge in [-0.2, -0.15) is 0 Å². The number of fused-ring (bicyclic) bond motifs is 2. The summed E-state index contributed by atoms with van der Waals surface area (Å²) in [7, 11) is 0. The number of nitrogens with one attached hydrogen (secondary N) is 3. The molecule has 2 aliphatic rings. The van der Waals surface area contributed by atoms with Crippen LogP contribution >= 0.6 is 0 Å². The van der Waals surface area contributed by atoms with E-state index in [2.05, 4.69) is 45.5 Å². The number of rotatable bonds is 4. The van der Waals surface area contributed by atoms with E-state index in [1.54, 1.807) is 0 Å². The number of pyridine rings is 2. The average molecular weight is 442 g/mol. The van der Waals surface area contributed by atoms with Crippen LogP contribution in [0.25, 0.3) is 33.3 Å². The molecule has 1 saturated heterocycles. The van der Waals surface area contributed by atoms with Crippen molar-refractivity contribution in [2.24, 2.45) is 5.41 Å². The lowest BCUT2D eigenvalue weighted by molar-refractivity contribution is 0.236. The number of aromatic nitrogens is 5. The van der Waals surface area contributed by atoms with Crippen LogP contribution in [-0.2, 0) is 0 Å². The summed E-state index contributed by atoms with van der Waals surface area (Å²) >= 11 is 0. The van der Waals surface area contributed by atoms with Crippen molar-refractivity contribution in [2.75, 3.05) is 18.4 Å². The molecule has 6 rings (SSSR count). The topological polar surface area (TPSA) is 91.4 Å². The molecule has 7 heteroatoms. The van der Waals surface area contributed by atoms with Gasteiger partial charge >= 0.3 is 0 Å². The van der Waals surface area contributed by atoms with E-state index in [1.165, 1.54) is 24.8 Å². The molecule has 33 heavy (non-hydrogen) atoms. The summed E-state index contributed by atoms with van der Waals surface area (Å²) in [5, 5.41) is 9.61. The molecule has 0 bridgehead atoms. The van der Waals surface area contributed by atoms with E-state index in [0.29, 0.717) is 12.0 Å². The second-order valence-corrected chi connectivity index (χ2v) is 10.4. The Morgan fingerprint density at radius 2 is 2.00 bits per heavy atom. The zero-order valence-electron chi connectivity index (χ0n) is 19.6. The summed E-state index contributed by atoms with van der Waals surface area (Å²) in [6.45, 7) is 8.70. The van der Waals surface area contributed by atoms with E-state index in [4.69, 9.17) is 9.97 Å². The van der Waals surface area contributed by atoms with Gasteiger partial charge in [0.25, 0.3) is 0 Å². The molecular formula is C26H31N7. The maximum absolute atomic E-state index is 5.18. The first-order valence-electron chi connectivity index (χ1n) is 12.1. The van der Waals surface area contributed by atoms with E-state index in [1.807, 2.05) is 31.6 Å². The molecule has 1 aliphatic heterocycles. The van der Waals surface area contributed by atoms with E-state index >= 15 is 0 Å². The van der Waals surface area contributed by atoms with Crippen LogP contribution in [0.1, 0.15) is 56.7 Å². The molecule has 170 valence electrons. The van der Waals surface area contributed by atoms with E-state index < -0.39 is 0 Å². The number of piperidine rings is 1. The Bertz CT molecular complexity index is 1340. The predicted molar refractivity (Wildman–Crippen MR) is 132 cm³/mol. The van der Waals surface area contributed by atoms with Gasteiger partial charge in [0.2, 0.25) is 0 Å². The molecule has 4 aromatic heterocycles. The Hall–Kier alpha value is -3.06. The lowest BCUT2D eigenvalue weighted by Gasteiger charge is -2.40. The standard InChI is InChI=1S/C26H31N7/c1-15-11-18-17(7-10-29-23(18)30-15)24-31-20-13-28-12-19(16-5-4-6-16)22(20)25(33-24)32-21-8-9-27-14-26(21,2)3/h7,10-13,16,21,27H,4-6,8-9,14H2,1-3H3,(H,29,30)(H,31,32,33). The number of nitrogens with zero attached hydrogens (tertiary/aromatic N) is 4. The molecule has 5 heterocycles. The van der Waals surface area contributed by atoms with Crippen LogP contribution in [0.5, 0.6) is 0 Å². The van der Waals surface area contributed by atoms with Crippen molar-refractivity contribution < 1.29 is 0 Å². The average Bonchev–Trinajstić information content (AvgIpc) is 3.14. The third-order valence-electron chi connectivity index (χ3n) is 7.53. The van der Waals surface area contributed by atoms with Gasteiger partial charge in [0, 0.05) is 47.0 Å². The lowest BCUT2D eigenvalue weighted by Crippen LogP contribution is -2.49. The maximum Gasteiger partial charge on any atom is 0.163 e. The third-order valence-corrected chi connectivity index (χ3v) is 7.53. The van der Waals surface area contributed by atoms with Gasteiger partial charge in [-0.1, -0.05) is 20.3 Å². The van der Waals surface area contributed by atoms with Crippen molar-refractivity contribution >= 4 is 27.8 Å². The van der Waals surface area contributed by atoms with Crippen LogP contribution in [0.15, 0.2) is 30.7 Å². The monoisotopic (exact) mass is 441 g/mol. The summed E-state index contributed by atoms with van der Waals surface area (Å²) in [6.07, 6.45) is 10.5. The van der Waals surface area contributed by atoms with Crippen molar-refractivity contribution in [1.82, 2.24) is 30.2 Å². The molecule has 4 aromatic rings. The largest absolute Gasteiger partial charge is 0.366 e. The fourth-order valence-electron chi connectivity index (χ4n) is 5.32. The Labute approximate surface area is 193 Å². The normalized spacial score (nSPS) is 20.8. The number of H-pyrrole nitrogens is 1. The molecule has 0 spiro atoms. The number of anilines is 1. The Morgan fingerprint density at radius 3 is 2.79 bits per heavy atom. The summed E-state index contributed by atoms with van der Waals surface area (Å²) in [5.74, 6) is 2.21. The summed E-state index contributed by atoms with van der Waals surface area (Å²) < 4.78 is 0. The first kappa shape index (κ1) is 20.5. The minimum atomic E-state index is 0.126. The first-order chi connectivity index (χ1) is 16.0. The zero-order chi connectivity index (χ0) is 22.6. The minimum absolute atomic E-state index is 0.126. The fraction of sp³-hybridized carbons (Fsp3) is 0.462. The SMILES string of the molecule is Cc1cc2c(-c3nc(NC4CCNCC4(C)C)c4c(C5CCC5)cncc4n3)ccnc2[nH]1. The van der Waals surface area contributed by atoms with Crippen LogP contribution in [0.4, 0.5) is 5.82 Å². The molecule has 1 saturated carbocycles. The molecular weight excluding hydrogens is 410 g/mol. The highest BCUT2D eigenvalue weighted by molar-refractivity contribution is 5.97. The van der Waals surface area contributed by atoms with Gasteiger partial charge in [-0.15, -0.1) is 0 Å².